The fourth-order valence-corrected chi connectivity index (χ4v) is 2.43. The predicted molar refractivity (Wildman–Crippen MR) is 62.0 cm³/mol. The lowest BCUT2D eigenvalue weighted by atomic mass is 10.0. The van der Waals surface area contributed by atoms with Crippen LogP contribution in [0.4, 0.5) is 13.2 Å². The third-order valence-corrected chi connectivity index (χ3v) is 3.79. The smallest absolute Gasteiger partial charge is 0.207 e. The molecule has 0 aliphatic carbocycles. The molecule has 2 rings (SSSR count). The fraction of sp³-hybridized carbons (Fsp3) is 0.0909. The molecule has 7 heteroatoms. The molecule has 0 unspecified atom stereocenters. The van der Waals surface area contributed by atoms with Gasteiger partial charge in [-0.05, 0) is 29.0 Å². The summed E-state index contributed by atoms with van der Waals surface area (Å²) in [5, 5.41) is 0.112. The number of fused-ring (bicyclic) bond motifs is 1. The van der Waals surface area contributed by atoms with E-state index in [1.807, 2.05) is 0 Å². The van der Waals surface area contributed by atoms with Crippen LogP contribution in [0.15, 0.2) is 41.3 Å². The van der Waals surface area contributed by atoms with E-state index in [1.54, 1.807) is 0 Å². The Morgan fingerprint density at radius 3 is 2.28 bits per heavy atom. The molecule has 0 amide bonds. The monoisotopic (exact) mass is 294 g/mol. The Morgan fingerprint density at radius 1 is 1.06 bits per heavy atom. The molecule has 2 nitrogen and oxygen atoms in total. The maximum Gasteiger partial charge on any atom is 0.417 e. The summed E-state index contributed by atoms with van der Waals surface area (Å²) in [6.45, 7) is 0. The van der Waals surface area contributed by atoms with E-state index in [2.05, 4.69) is 0 Å². The second-order valence-electron chi connectivity index (χ2n) is 3.62. The third kappa shape index (κ3) is 2.44. The zero-order valence-corrected chi connectivity index (χ0v) is 10.3. The molecule has 0 fully saturated rings. The summed E-state index contributed by atoms with van der Waals surface area (Å²) >= 11 is 0. The van der Waals surface area contributed by atoms with Crippen molar-refractivity contribution < 1.29 is 21.6 Å². The van der Waals surface area contributed by atoms with Crippen molar-refractivity contribution in [3.8, 4) is 0 Å². The summed E-state index contributed by atoms with van der Waals surface area (Å²) in [4.78, 5) is -0.353. The number of rotatable bonds is 1. The Labute approximate surface area is 105 Å². The highest BCUT2D eigenvalue weighted by Crippen LogP contribution is 2.35. The van der Waals surface area contributed by atoms with Gasteiger partial charge in [-0.2, -0.15) is 13.2 Å². The lowest BCUT2D eigenvalue weighted by Gasteiger charge is -2.10. The molecular weight excluding hydrogens is 289 g/mol. The van der Waals surface area contributed by atoms with E-state index in [-0.39, 0.29) is 10.3 Å². The van der Waals surface area contributed by atoms with Gasteiger partial charge in [0.15, 0.2) is 0 Å². The van der Waals surface area contributed by atoms with E-state index in [0.29, 0.717) is 5.39 Å². The summed E-state index contributed by atoms with van der Waals surface area (Å²) in [5.41, 5.74) is -0.887. The normalized spacial score (nSPS) is 12.9. The van der Waals surface area contributed by atoms with Gasteiger partial charge in [0.25, 0.3) is 9.05 Å². The van der Waals surface area contributed by atoms with Gasteiger partial charge in [0.2, 0.25) is 0 Å². The number of alkyl halides is 3. The van der Waals surface area contributed by atoms with Crippen LogP contribution in [0.1, 0.15) is 5.56 Å². The maximum absolute atomic E-state index is 12.8. The van der Waals surface area contributed by atoms with Crippen LogP contribution in [-0.2, 0) is 15.2 Å². The van der Waals surface area contributed by atoms with E-state index in [9.17, 15) is 21.6 Å². The molecule has 0 saturated carbocycles. The molecule has 0 bridgehead atoms. The van der Waals surface area contributed by atoms with Gasteiger partial charge >= 0.3 is 6.18 Å². The van der Waals surface area contributed by atoms with E-state index >= 15 is 0 Å². The van der Waals surface area contributed by atoms with Crippen LogP contribution in [0.3, 0.4) is 0 Å². The van der Waals surface area contributed by atoms with Crippen molar-refractivity contribution in [3.63, 3.8) is 0 Å². The SMILES string of the molecule is O=S(=O)(Cl)c1ccc2cccc(C(F)(F)F)c2c1. The van der Waals surface area contributed by atoms with Crippen LogP contribution in [-0.4, -0.2) is 8.42 Å². The minimum atomic E-state index is -4.55. The number of halogens is 4. The maximum atomic E-state index is 12.8. The van der Waals surface area contributed by atoms with Crippen LogP contribution < -0.4 is 0 Å². The van der Waals surface area contributed by atoms with Gasteiger partial charge in [-0.1, -0.05) is 18.2 Å². The molecule has 2 aromatic carbocycles. The predicted octanol–water partition coefficient (Wildman–Crippen LogP) is 3.79. The third-order valence-electron chi connectivity index (χ3n) is 2.44. The lowest BCUT2D eigenvalue weighted by molar-refractivity contribution is -0.136. The van der Waals surface area contributed by atoms with E-state index < -0.39 is 20.8 Å². The number of hydrogen-bond acceptors (Lipinski definition) is 2. The molecule has 0 N–H and O–H groups in total. The lowest BCUT2D eigenvalue weighted by Crippen LogP contribution is -2.05. The Kier molecular flexibility index (Phi) is 3.03. The molecule has 96 valence electrons. The average molecular weight is 295 g/mol. The molecule has 0 saturated heterocycles. The first-order valence-electron chi connectivity index (χ1n) is 4.74. The Bertz CT molecular complexity index is 708. The molecule has 0 spiro atoms. The quantitative estimate of drug-likeness (QED) is 0.750. The standard InChI is InChI=1S/C11H6ClF3O2S/c12-18(16,17)8-5-4-7-2-1-3-10(9(7)6-8)11(13,14)15/h1-6H. The van der Waals surface area contributed by atoms with Crippen LogP contribution in [0.25, 0.3) is 10.8 Å². The van der Waals surface area contributed by atoms with Gasteiger partial charge in [-0.25, -0.2) is 8.42 Å². The topological polar surface area (TPSA) is 34.1 Å². The largest absolute Gasteiger partial charge is 0.417 e. The first kappa shape index (κ1) is 13.2. The number of hydrogen-bond donors (Lipinski definition) is 0. The first-order valence-corrected chi connectivity index (χ1v) is 7.05. The zero-order valence-electron chi connectivity index (χ0n) is 8.70. The first-order chi connectivity index (χ1) is 8.19. The van der Waals surface area contributed by atoms with E-state index in [4.69, 9.17) is 10.7 Å². The molecule has 0 aromatic heterocycles. The van der Waals surface area contributed by atoms with Gasteiger partial charge in [0, 0.05) is 10.7 Å². The van der Waals surface area contributed by atoms with Crippen molar-refractivity contribution in [2.75, 3.05) is 0 Å². The van der Waals surface area contributed by atoms with Gasteiger partial charge in [-0.3, -0.25) is 0 Å². The summed E-state index contributed by atoms with van der Waals surface area (Å²) in [6, 6.07) is 7.02. The van der Waals surface area contributed by atoms with Crippen molar-refractivity contribution in [1.29, 1.82) is 0 Å². The second kappa shape index (κ2) is 4.13. The van der Waals surface area contributed by atoms with Gasteiger partial charge in [0.05, 0.1) is 10.5 Å². The Balaban J connectivity index is 2.83. The van der Waals surface area contributed by atoms with Gasteiger partial charge in [-0.15, -0.1) is 0 Å². The second-order valence-corrected chi connectivity index (χ2v) is 6.19. The van der Waals surface area contributed by atoms with Crippen molar-refractivity contribution in [2.45, 2.75) is 11.1 Å². The molecule has 0 aliphatic heterocycles. The van der Waals surface area contributed by atoms with Crippen molar-refractivity contribution in [2.24, 2.45) is 0 Å². The Morgan fingerprint density at radius 2 is 1.72 bits per heavy atom. The van der Waals surface area contributed by atoms with Gasteiger partial charge < -0.3 is 0 Å². The summed E-state index contributed by atoms with van der Waals surface area (Å²) in [7, 11) is 1.06. The van der Waals surface area contributed by atoms with Crippen LogP contribution in [0, 0.1) is 0 Å². The molecule has 0 aliphatic rings. The van der Waals surface area contributed by atoms with Crippen LogP contribution in [0.2, 0.25) is 0 Å². The average Bonchev–Trinajstić information content (AvgIpc) is 2.25. The molecule has 18 heavy (non-hydrogen) atoms. The van der Waals surface area contributed by atoms with E-state index in [1.165, 1.54) is 24.3 Å². The zero-order chi connectivity index (χ0) is 13.6. The van der Waals surface area contributed by atoms with Crippen LogP contribution in [0.5, 0.6) is 0 Å². The highest BCUT2D eigenvalue weighted by Gasteiger charge is 2.32. The van der Waals surface area contributed by atoms with Gasteiger partial charge in [0.1, 0.15) is 0 Å². The van der Waals surface area contributed by atoms with Crippen LogP contribution >= 0.6 is 10.7 Å². The molecular formula is C11H6ClF3O2S. The minimum Gasteiger partial charge on any atom is -0.207 e. The van der Waals surface area contributed by atoms with Crippen molar-refractivity contribution in [3.05, 3.63) is 42.0 Å². The highest BCUT2D eigenvalue weighted by molar-refractivity contribution is 8.13. The summed E-state index contributed by atoms with van der Waals surface area (Å²) in [5.74, 6) is 0. The molecule has 0 atom stereocenters. The van der Waals surface area contributed by atoms with Crippen molar-refractivity contribution >= 4 is 30.5 Å². The molecule has 2 aromatic rings. The minimum absolute atomic E-state index is 0.188. The summed E-state index contributed by atoms with van der Waals surface area (Å²) < 4.78 is 60.5. The Hall–Kier alpha value is -1.27. The van der Waals surface area contributed by atoms with E-state index in [0.717, 1.165) is 12.1 Å². The van der Waals surface area contributed by atoms with Crippen molar-refractivity contribution in [1.82, 2.24) is 0 Å². The molecule has 0 heterocycles. The number of benzene rings is 2. The highest BCUT2D eigenvalue weighted by atomic mass is 35.7. The molecule has 0 radical (unpaired) electrons. The fourth-order valence-electron chi connectivity index (χ4n) is 1.65. The summed E-state index contributed by atoms with van der Waals surface area (Å²) in [6.07, 6.45) is -4.55.